The second-order valence-electron chi connectivity index (χ2n) is 3.56. The fourth-order valence-electron chi connectivity index (χ4n) is 1.47. The number of hydrogen-bond acceptors (Lipinski definition) is 2. The molecular formula is C14H13FO2. The van der Waals surface area contributed by atoms with Gasteiger partial charge in [0, 0.05) is 11.6 Å². The van der Waals surface area contributed by atoms with Crippen LogP contribution in [0.1, 0.15) is 5.56 Å². The van der Waals surface area contributed by atoms with Gasteiger partial charge < -0.3 is 9.47 Å². The lowest BCUT2D eigenvalue weighted by Crippen LogP contribution is -1.98. The molecule has 2 rings (SSSR count). The Labute approximate surface area is 99.6 Å². The first-order valence-electron chi connectivity index (χ1n) is 5.30. The molecule has 0 bridgehead atoms. The Bertz CT molecular complexity index is 497. The minimum absolute atomic E-state index is 0.208. The molecule has 17 heavy (non-hydrogen) atoms. The maximum Gasteiger partial charge on any atom is 0.129 e. The quantitative estimate of drug-likeness (QED) is 0.804. The predicted molar refractivity (Wildman–Crippen MR) is 63.7 cm³/mol. The zero-order valence-corrected chi connectivity index (χ0v) is 9.52. The zero-order chi connectivity index (χ0) is 12.1. The van der Waals surface area contributed by atoms with Gasteiger partial charge in [0.15, 0.2) is 0 Å². The molecule has 0 aromatic heterocycles. The minimum Gasteiger partial charge on any atom is -0.497 e. The minimum atomic E-state index is -0.254. The largest absolute Gasteiger partial charge is 0.497 e. The summed E-state index contributed by atoms with van der Waals surface area (Å²) in [5.74, 6) is 1.12. The summed E-state index contributed by atoms with van der Waals surface area (Å²) < 4.78 is 23.9. The standard InChI is InChI=1S/C14H13FO2/c1-16-12-6-4-7-13(9-12)17-10-11-5-2-3-8-14(11)15/h2-9H,10H2,1H3. The molecular weight excluding hydrogens is 219 g/mol. The molecule has 0 atom stereocenters. The highest BCUT2D eigenvalue weighted by atomic mass is 19.1. The third-order valence-corrected chi connectivity index (χ3v) is 2.39. The highest BCUT2D eigenvalue weighted by molar-refractivity contribution is 5.33. The van der Waals surface area contributed by atoms with Gasteiger partial charge in [-0.05, 0) is 18.2 Å². The summed E-state index contributed by atoms with van der Waals surface area (Å²) in [5, 5.41) is 0. The van der Waals surface area contributed by atoms with Gasteiger partial charge in [-0.1, -0.05) is 24.3 Å². The lowest BCUT2D eigenvalue weighted by molar-refractivity contribution is 0.297. The number of rotatable bonds is 4. The van der Waals surface area contributed by atoms with E-state index < -0.39 is 0 Å². The Balaban J connectivity index is 2.05. The molecule has 0 aliphatic carbocycles. The number of halogens is 1. The lowest BCUT2D eigenvalue weighted by atomic mass is 10.2. The van der Waals surface area contributed by atoms with Crippen molar-refractivity contribution in [3.63, 3.8) is 0 Å². The maximum absolute atomic E-state index is 13.3. The second kappa shape index (κ2) is 5.34. The molecule has 88 valence electrons. The van der Waals surface area contributed by atoms with Crippen molar-refractivity contribution in [2.24, 2.45) is 0 Å². The summed E-state index contributed by atoms with van der Waals surface area (Å²) >= 11 is 0. The molecule has 2 aromatic rings. The molecule has 0 saturated heterocycles. The van der Waals surface area contributed by atoms with Crippen molar-refractivity contribution in [2.45, 2.75) is 6.61 Å². The summed E-state index contributed by atoms with van der Waals surface area (Å²) in [5.41, 5.74) is 0.537. The van der Waals surface area contributed by atoms with Crippen LogP contribution in [-0.4, -0.2) is 7.11 Å². The normalized spacial score (nSPS) is 10.0. The van der Waals surface area contributed by atoms with Crippen LogP contribution < -0.4 is 9.47 Å². The SMILES string of the molecule is COc1cccc(OCc2ccccc2F)c1. The molecule has 0 aliphatic rings. The van der Waals surface area contributed by atoms with Crippen molar-refractivity contribution in [3.8, 4) is 11.5 Å². The Morgan fingerprint density at radius 1 is 1.00 bits per heavy atom. The zero-order valence-electron chi connectivity index (χ0n) is 9.52. The maximum atomic E-state index is 13.3. The molecule has 0 N–H and O–H groups in total. The number of benzene rings is 2. The molecule has 0 saturated carbocycles. The van der Waals surface area contributed by atoms with Crippen LogP contribution in [0.15, 0.2) is 48.5 Å². The molecule has 0 heterocycles. The molecule has 3 heteroatoms. The van der Waals surface area contributed by atoms with Gasteiger partial charge in [0.1, 0.15) is 23.9 Å². The smallest absolute Gasteiger partial charge is 0.129 e. The van der Waals surface area contributed by atoms with Crippen LogP contribution in [0.25, 0.3) is 0 Å². The van der Waals surface area contributed by atoms with Crippen molar-refractivity contribution in [2.75, 3.05) is 7.11 Å². The molecule has 0 amide bonds. The van der Waals surface area contributed by atoms with Crippen LogP contribution in [0.4, 0.5) is 4.39 Å². The summed E-state index contributed by atoms with van der Waals surface area (Å²) in [6, 6.07) is 13.8. The molecule has 0 spiro atoms. The molecule has 0 unspecified atom stereocenters. The third kappa shape index (κ3) is 2.97. The van der Waals surface area contributed by atoms with E-state index in [2.05, 4.69) is 0 Å². The molecule has 0 fully saturated rings. The van der Waals surface area contributed by atoms with Crippen LogP contribution in [0.2, 0.25) is 0 Å². The van der Waals surface area contributed by atoms with Crippen LogP contribution in [0.5, 0.6) is 11.5 Å². The van der Waals surface area contributed by atoms with Crippen LogP contribution in [0, 0.1) is 5.82 Å². The van der Waals surface area contributed by atoms with E-state index in [1.807, 2.05) is 18.2 Å². The Kier molecular flexibility index (Phi) is 3.60. The fourth-order valence-corrected chi connectivity index (χ4v) is 1.47. The number of hydrogen-bond donors (Lipinski definition) is 0. The second-order valence-corrected chi connectivity index (χ2v) is 3.56. The van der Waals surface area contributed by atoms with Crippen LogP contribution in [-0.2, 0) is 6.61 Å². The fraction of sp³-hybridized carbons (Fsp3) is 0.143. The van der Waals surface area contributed by atoms with Crippen molar-refractivity contribution in [1.82, 2.24) is 0 Å². The molecule has 0 radical (unpaired) electrons. The number of methoxy groups -OCH3 is 1. The van der Waals surface area contributed by atoms with Crippen molar-refractivity contribution < 1.29 is 13.9 Å². The van der Waals surface area contributed by atoms with E-state index in [1.165, 1.54) is 6.07 Å². The van der Waals surface area contributed by atoms with Gasteiger partial charge in [-0.15, -0.1) is 0 Å². The van der Waals surface area contributed by atoms with E-state index in [-0.39, 0.29) is 12.4 Å². The van der Waals surface area contributed by atoms with Crippen molar-refractivity contribution >= 4 is 0 Å². The van der Waals surface area contributed by atoms with E-state index in [0.717, 1.165) is 5.75 Å². The van der Waals surface area contributed by atoms with Gasteiger partial charge in [0.2, 0.25) is 0 Å². The first-order valence-corrected chi connectivity index (χ1v) is 5.30. The number of ether oxygens (including phenoxy) is 2. The van der Waals surface area contributed by atoms with E-state index in [4.69, 9.17) is 9.47 Å². The van der Waals surface area contributed by atoms with Gasteiger partial charge in [0.05, 0.1) is 7.11 Å². The third-order valence-electron chi connectivity index (χ3n) is 2.39. The molecule has 2 nitrogen and oxygen atoms in total. The monoisotopic (exact) mass is 232 g/mol. The Morgan fingerprint density at radius 2 is 1.76 bits per heavy atom. The van der Waals surface area contributed by atoms with Crippen LogP contribution >= 0.6 is 0 Å². The summed E-state index contributed by atoms with van der Waals surface area (Å²) in [4.78, 5) is 0. The van der Waals surface area contributed by atoms with E-state index in [0.29, 0.717) is 11.3 Å². The van der Waals surface area contributed by atoms with E-state index in [1.54, 1.807) is 31.4 Å². The highest BCUT2D eigenvalue weighted by Crippen LogP contribution is 2.20. The van der Waals surface area contributed by atoms with Gasteiger partial charge in [-0.3, -0.25) is 0 Å². The van der Waals surface area contributed by atoms with Gasteiger partial charge in [-0.2, -0.15) is 0 Å². The van der Waals surface area contributed by atoms with Gasteiger partial charge in [-0.25, -0.2) is 4.39 Å². The Morgan fingerprint density at radius 3 is 2.53 bits per heavy atom. The van der Waals surface area contributed by atoms with E-state index >= 15 is 0 Å². The predicted octanol–water partition coefficient (Wildman–Crippen LogP) is 3.41. The average molecular weight is 232 g/mol. The van der Waals surface area contributed by atoms with E-state index in [9.17, 15) is 4.39 Å². The topological polar surface area (TPSA) is 18.5 Å². The summed E-state index contributed by atoms with van der Waals surface area (Å²) in [6.45, 7) is 0.208. The lowest BCUT2D eigenvalue weighted by Gasteiger charge is -2.08. The first kappa shape index (κ1) is 11.5. The van der Waals surface area contributed by atoms with Crippen molar-refractivity contribution in [1.29, 1.82) is 0 Å². The Hall–Kier alpha value is -2.03. The summed E-state index contributed by atoms with van der Waals surface area (Å²) in [6.07, 6.45) is 0. The highest BCUT2D eigenvalue weighted by Gasteiger charge is 2.02. The summed E-state index contributed by atoms with van der Waals surface area (Å²) in [7, 11) is 1.59. The first-order chi connectivity index (χ1) is 8.29. The van der Waals surface area contributed by atoms with Crippen molar-refractivity contribution in [3.05, 3.63) is 59.9 Å². The van der Waals surface area contributed by atoms with Gasteiger partial charge >= 0.3 is 0 Å². The molecule has 0 aliphatic heterocycles. The molecule has 2 aromatic carbocycles. The van der Waals surface area contributed by atoms with Gasteiger partial charge in [0.25, 0.3) is 0 Å². The average Bonchev–Trinajstić information content (AvgIpc) is 2.38. The van der Waals surface area contributed by atoms with Crippen LogP contribution in [0.3, 0.4) is 0 Å².